The largest absolute Gasteiger partial charge is 0.383 e. The van der Waals surface area contributed by atoms with Gasteiger partial charge in [-0.1, -0.05) is 17.7 Å². The summed E-state index contributed by atoms with van der Waals surface area (Å²) in [5, 5.41) is 9.32. The van der Waals surface area contributed by atoms with Gasteiger partial charge in [-0.25, -0.2) is 5.43 Å². The number of halogens is 1. The van der Waals surface area contributed by atoms with Crippen LogP contribution < -0.4 is 16.1 Å². The van der Waals surface area contributed by atoms with Crippen LogP contribution in [-0.4, -0.2) is 43.7 Å². The van der Waals surface area contributed by atoms with Crippen molar-refractivity contribution in [2.75, 3.05) is 25.6 Å². The zero-order valence-corrected chi connectivity index (χ0v) is 15.1. The van der Waals surface area contributed by atoms with E-state index in [0.29, 0.717) is 23.0 Å². The van der Waals surface area contributed by atoms with Gasteiger partial charge in [-0.05, 0) is 31.5 Å². The first-order chi connectivity index (χ1) is 11.8. The zero-order chi connectivity index (χ0) is 18.8. The predicted octanol–water partition coefficient (Wildman–Crippen LogP) is 1.23. The molecule has 0 aromatic heterocycles. The van der Waals surface area contributed by atoms with Crippen LogP contribution in [-0.2, 0) is 19.1 Å². The van der Waals surface area contributed by atoms with Gasteiger partial charge < -0.3 is 15.4 Å². The number of nitrogens with zero attached hydrogens (tertiary/aromatic N) is 1. The Balaban J connectivity index is 2.48. The molecule has 0 spiro atoms. The highest BCUT2D eigenvalue weighted by Gasteiger charge is 2.12. The van der Waals surface area contributed by atoms with Gasteiger partial charge in [0.05, 0.1) is 13.0 Å². The monoisotopic (exact) mass is 368 g/mol. The molecule has 8 nitrogen and oxygen atoms in total. The summed E-state index contributed by atoms with van der Waals surface area (Å²) in [6, 6.07) is 5.17. The van der Waals surface area contributed by atoms with Gasteiger partial charge in [0, 0.05) is 30.1 Å². The van der Waals surface area contributed by atoms with E-state index in [-0.39, 0.29) is 18.9 Å². The van der Waals surface area contributed by atoms with Crippen LogP contribution in [0.15, 0.2) is 23.3 Å². The van der Waals surface area contributed by atoms with Gasteiger partial charge in [0.15, 0.2) is 0 Å². The number of hydrogen-bond acceptors (Lipinski definition) is 5. The van der Waals surface area contributed by atoms with E-state index in [1.165, 1.54) is 7.11 Å². The molecule has 3 amide bonds. The van der Waals surface area contributed by atoms with Gasteiger partial charge in [0.25, 0.3) is 0 Å². The first kappa shape index (κ1) is 20.6. The molecule has 0 aliphatic heterocycles. The van der Waals surface area contributed by atoms with Gasteiger partial charge in [-0.2, -0.15) is 5.10 Å². The molecule has 9 heteroatoms. The summed E-state index contributed by atoms with van der Waals surface area (Å²) in [5.41, 5.74) is 3.91. The summed E-state index contributed by atoms with van der Waals surface area (Å²) in [4.78, 5) is 34.9. The fourth-order valence-corrected chi connectivity index (χ4v) is 1.91. The number of anilines is 1. The van der Waals surface area contributed by atoms with Gasteiger partial charge in [0.2, 0.25) is 5.91 Å². The average molecular weight is 369 g/mol. The van der Waals surface area contributed by atoms with Gasteiger partial charge in [0.1, 0.15) is 0 Å². The van der Waals surface area contributed by atoms with Crippen LogP contribution in [0.25, 0.3) is 0 Å². The lowest BCUT2D eigenvalue weighted by Crippen LogP contribution is -2.39. The third-order valence-electron chi connectivity index (χ3n) is 3.04. The molecule has 0 aliphatic carbocycles. The normalized spacial score (nSPS) is 11.0. The molecule has 0 radical (unpaired) electrons. The van der Waals surface area contributed by atoms with Crippen molar-refractivity contribution in [1.82, 2.24) is 10.7 Å². The Bertz CT molecular complexity index is 676. The number of carbonyl (C=O) groups excluding carboxylic acids is 3. The van der Waals surface area contributed by atoms with Crippen LogP contribution in [0, 0.1) is 6.92 Å². The molecule has 1 rings (SSSR count). The molecule has 1 aromatic rings. The smallest absolute Gasteiger partial charge is 0.329 e. The average Bonchev–Trinajstić information content (AvgIpc) is 2.56. The highest BCUT2D eigenvalue weighted by molar-refractivity contribution is 6.35. The van der Waals surface area contributed by atoms with Crippen molar-refractivity contribution in [2.24, 2.45) is 5.10 Å². The minimum absolute atomic E-state index is 0.0441. The van der Waals surface area contributed by atoms with Crippen LogP contribution in [0.4, 0.5) is 5.69 Å². The number of nitrogens with one attached hydrogen (secondary N) is 3. The third-order valence-corrected chi connectivity index (χ3v) is 3.27. The summed E-state index contributed by atoms with van der Waals surface area (Å²) >= 11 is 5.90. The standard InChI is InChI=1S/C16H21ClN4O4/c1-10-4-5-12(17)9-13(10)19-14(22)8-11(2)20-21-16(24)15(23)18-6-7-25-3/h4-5,9H,6-8H2,1-3H3,(H,18,23)(H,19,22)(H,21,24)/b20-11-. The second-order valence-electron chi connectivity index (χ2n) is 5.22. The van der Waals surface area contributed by atoms with E-state index in [0.717, 1.165) is 5.56 Å². The Morgan fingerprint density at radius 1 is 1.24 bits per heavy atom. The van der Waals surface area contributed by atoms with Gasteiger partial charge >= 0.3 is 11.8 Å². The summed E-state index contributed by atoms with van der Waals surface area (Å²) in [5.74, 6) is -2.06. The predicted molar refractivity (Wildman–Crippen MR) is 95.6 cm³/mol. The zero-order valence-electron chi connectivity index (χ0n) is 14.3. The van der Waals surface area contributed by atoms with Crippen molar-refractivity contribution in [3.63, 3.8) is 0 Å². The van der Waals surface area contributed by atoms with Crippen molar-refractivity contribution in [1.29, 1.82) is 0 Å². The molecule has 3 N–H and O–H groups in total. The number of hydrogen-bond donors (Lipinski definition) is 3. The highest BCUT2D eigenvalue weighted by Crippen LogP contribution is 2.20. The van der Waals surface area contributed by atoms with Crippen LogP contribution in [0.5, 0.6) is 0 Å². The number of benzene rings is 1. The Morgan fingerprint density at radius 2 is 1.96 bits per heavy atom. The summed E-state index contributed by atoms with van der Waals surface area (Å²) in [7, 11) is 1.48. The van der Waals surface area contributed by atoms with E-state index in [9.17, 15) is 14.4 Å². The summed E-state index contributed by atoms with van der Waals surface area (Å²) < 4.78 is 4.75. The SMILES string of the molecule is COCCNC(=O)C(=O)N/N=C(/C)CC(=O)Nc1cc(Cl)ccc1C. The minimum atomic E-state index is -0.915. The third kappa shape index (κ3) is 7.77. The lowest BCUT2D eigenvalue weighted by molar-refractivity contribution is -0.139. The van der Waals surface area contributed by atoms with Crippen LogP contribution in [0.1, 0.15) is 18.9 Å². The van der Waals surface area contributed by atoms with E-state index in [4.69, 9.17) is 16.3 Å². The van der Waals surface area contributed by atoms with E-state index in [1.54, 1.807) is 25.1 Å². The topological polar surface area (TPSA) is 109 Å². The lowest BCUT2D eigenvalue weighted by Gasteiger charge is -2.09. The molecule has 0 saturated carbocycles. The molecule has 136 valence electrons. The molecular formula is C16H21ClN4O4. The second kappa shape index (κ2) is 10.4. The molecule has 0 saturated heterocycles. The Labute approximate surface area is 150 Å². The second-order valence-corrected chi connectivity index (χ2v) is 5.66. The molecule has 1 aromatic carbocycles. The number of ether oxygens (including phenoxy) is 1. The first-order valence-corrected chi connectivity index (χ1v) is 7.87. The first-order valence-electron chi connectivity index (χ1n) is 7.49. The van der Waals surface area contributed by atoms with E-state index >= 15 is 0 Å². The fraction of sp³-hybridized carbons (Fsp3) is 0.375. The minimum Gasteiger partial charge on any atom is -0.383 e. The maximum atomic E-state index is 12.0. The van der Waals surface area contributed by atoms with Crippen molar-refractivity contribution < 1.29 is 19.1 Å². The quantitative estimate of drug-likeness (QED) is 0.291. The summed E-state index contributed by atoms with van der Waals surface area (Å²) in [6.07, 6.45) is -0.0441. The van der Waals surface area contributed by atoms with Crippen LogP contribution in [0.3, 0.4) is 0 Å². The van der Waals surface area contributed by atoms with Gasteiger partial charge in [-0.15, -0.1) is 0 Å². The van der Waals surface area contributed by atoms with Crippen LogP contribution in [0.2, 0.25) is 5.02 Å². The molecule has 0 aliphatic rings. The highest BCUT2D eigenvalue weighted by atomic mass is 35.5. The Hall–Kier alpha value is -2.45. The van der Waals surface area contributed by atoms with Crippen LogP contribution >= 0.6 is 11.6 Å². The number of amides is 3. The maximum absolute atomic E-state index is 12.0. The van der Waals surface area contributed by atoms with E-state index in [1.807, 2.05) is 6.92 Å². The van der Waals surface area contributed by atoms with Gasteiger partial charge in [-0.3, -0.25) is 14.4 Å². The van der Waals surface area contributed by atoms with E-state index < -0.39 is 11.8 Å². The van der Waals surface area contributed by atoms with Crippen molar-refractivity contribution in [2.45, 2.75) is 20.3 Å². The van der Waals surface area contributed by atoms with Crippen molar-refractivity contribution in [3.05, 3.63) is 28.8 Å². The molecule has 0 heterocycles. The molecular weight excluding hydrogens is 348 g/mol. The molecule has 0 atom stereocenters. The number of carbonyl (C=O) groups is 3. The Kier molecular flexibility index (Phi) is 8.59. The van der Waals surface area contributed by atoms with E-state index in [2.05, 4.69) is 21.2 Å². The molecule has 0 unspecified atom stereocenters. The Morgan fingerprint density at radius 3 is 2.64 bits per heavy atom. The molecule has 0 fully saturated rings. The number of methoxy groups -OCH3 is 1. The fourth-order valence-electron chi connectivity index (χ4n) is 1.74. The molecule has 25 heavy (non-hydrogen) atoms. The maximum Gasteiger partial charge on any atom is 0.329 e. The number of aryl methyl sites for hydroxylation is 1. The summed E-state index contributed by atoms with van der Waals surface area (Å²) in [6.45, 7) is 3.92. The lowest BCUT2D eigenvalue weighted by atomic mass is 10.2. The molecule has 0 bridgehead atoms. The number of hydrazone groups is 1. The number of rotatable bonds is 7. The van der Waals surface area contributed by atoms with Crippen molar-refractivity contribution >= 4 is 40.7 Å². The van der Waals surface area contributed by atoms with Crippen molar-refractivity contribution in [3.8, 4) is 0 Å².